The Labute approximate surface area is 250 Å². The second kappa shape index (κ2) is 16.6. The highest BCUT2D eigenvalue weighted by Gasteiger charge is 2.15. The fraction of sp³-hybridized carbons (Fsp3) is 0.343. The zero-order valence-corrected chi connectivity index (χ0v) is 26.2. The lowest BCUT2D eigenvalue weighted by Gasteiger charge is -2.22. The van der Waals surface area contributed by atoms with Crippen molar-refractivity contribution >= 4 is 40.1 Å². The molecule has 0 saturated carbocycles. The van der Waals surface area contributed by atoms with Crippen molar-refractivity contribution in [1.82, 2.24) is 9.97 Å². The van der Waals surface area contributed by atoms with Crippen LogP contribution in [0.15, 0.2) is 79.1 Å². The van der Waals surface area contributed by atoms with Crippen molar-refractivity contribution in [3.63, 3.8) is 0 Å². The molecule has 1 amide bonds. The zero-order chi connectivity index (χ0) is 29.6. The molecule has 0 radical (unpaired) electrons. The number of benzene rings is 2. The highest BCUT2D eigenvalue weighted by Crippen LogP contribution is 2.30. The van der Waals surface area contributed by atoms with E-state index >= 15 is 0 Å². The normalized spacial score (nSPS) is 13.1. The van der Waals surface area contributed by atoms with Gasteiger partial charge < -0.3 is 9.62 Å². The number of nitrogens with one attached hydrogen (secondary N) is 1. The molecule has 0 spiro atoms. The van der Waals surface area contributed by atoms with Gasteiger partial charge in [-0.25, -0.2) is 4.98 Å². The highest BCUT2D eigenvalue weighted by molar-refractivity contribution is 8.00. The Balaban J connectivity index is 0.000000598. The third kappa shape index (κ3) is 9.19. The van der Waals surface area contributed by atoms with E-state index in [0.29, 0.717) is 5.56 Å². The van der Waals surface area contributed by atoms with Crippen LogP contribution in [0.5, 0.6) is 0 Å². The molecule has 0 bridgehead atoms. The van der Waals surface area contributed by atoms with E-state index in [1.54, 1.807) is 6.20 Å². The highest BCUT2D eigenvalue weighted by atomic mass is 32.2. The first-order valence-electron chi connectivity index (χ1n) is 14.6. The van der Waals surface area contributed by atoms with Crippen molar-refractivity contribution in [2.24, 2.45) is 0 Å². The quantitative estimate of drug-likeness (QED) is 0.196. The van der Waals surface area contributed by atoms with Crippen molar-refractivity contribution in [3.05, 3.63) is 95.8 Å². The van der Waals surface area contributed by atoms with E-state index in [-0.39, 0.29) is 5.91 Å². The molecule has 5 nitrogen and oxygen atoms in total. The van der Waals surface area contributed by atoms with Crippen molar-refractivity contribution < 1.29 is 4.79 Å². The summed E-state index contributed by atoms with van der Waals surface area (Å²) in [5.41, 5.74) is 7.50. The number of hydrogen-bond donors (Lipinski definition) is 1. The maximum absolute atomic E-state index is 13.1. The van der Waals surface area contributed by atoms with Gasteiger partial charge in [0.1, 0.15) is 0 Å². The van der Waals surface area contributed by atoms with Gasteiger partial charge in [-0.2, -0.15) is 0 Å². The molecule has 1 fully saturated rings. The average Bonchev–Trinajstić information content (AvgIpc) is 3.28. The standard InChI is InChI=1S/C28H28N4OS.C4H8.C3H8/c1-19-6-8-22(17-25(19)27-11-7-21-18-29-13-12-26(21)31-27)30-28(33)24-10-9-23(16-20(24)2)32-14-4-3-5-15-34-32;1-3-4-2;1-3-2/h6-13,16-18H,3-5,14-15H2,1-2H3,(H,30,33);3-4H,1-2H3;3H2,1-2H3/b;4-3-;. The van der Waals surface area contributed by atoms with Gasteiger partial charge in [0.05, 0.1) is 11.2 Å². The molecule has 6 heteroatoms. The number of pyridine rings is 2. The number of hydrogen-bond acceptors (Lipinski definition) is 5. The zero-order valence-electron chi connectivity index (χ0n) is 25.4. The van der Waals surface area contributed by atoms with E-state index in [4.69, 9.17) is 4.98 Å². The number of rotatable bonds is 4. The van der Waals surface area contributed by atoms with E-state index in [9.17, 15) is 4.79 Å². The molecule has 0 atom stereocenters. The van der Waals surface area contributed by atoms with E-state index in [2.05, 4.69) is 47.5 Å². The van der Waals surface area contributed by atoms with E-state index in [1.807, 2.05) is 93.5 Å². The lowest BCUT2D eigenvalue weighted by molar-refractivity contribution is 0.102. The van der Waals surface area contributed by atoms with Gasteiger partial charge in [-0.3, -0.25) is 9.78 Å². The Bertz CT molecular complexity index is 1440. The van der Waals surface area contributed by atoms with Crippen LogP contribution in [0, 0.1) is 13.8 Å². The maximum Gasteiger partial charge on any atom is 0.255 e. The number of carbonyl (C=O) groups excluding carboxylic acids is 1. The van der Waals surface area contributed by atoms with Crippen molar-refractivity contribution in [3.8, 4) is 11.3 Å². The number of amides is 1. The maximum atomic E-state index is 13.1. The molecule has 0 unspecified atom stereocenters. The fourth-order valence-electron chi connectivity index (χ4n) is 4.32. The number of fused-ring (bicyclic) bond motifs is 1. The van der Waals surface area contributed by atoms with Crippen LogP contribution in [0.4, 0.5) is 11.4 Å². The number of anilines is 2. The van der Waals surface area contributed by atoms with Crippen molar-refractivity contribution in [2.75, 3.05) is 21.9 Å². The molecular formula is C35H44N4OS. The summed E-state index contributed by atoms with van der Waals surface area (Å²) in [6.07, 6.45) is 12.6. The predicted molar refractivity (Wildman–Crippen MR) is 179 cm³/mol. The fourth-order valence-corrected chi connectivity index (χ4v) is 5.40. The molecule has 4 aromatic rings. The van der Waals surface area contributed by atoms with Gasteiger partial charge in [0.15, 0.2) is 0 Å². The molecule has 0 aliphatic carbocycles. The third-order valence-corrected chi connectivity index (χ3v) is 7.77. The number of carbonyl (C=O) groups is 1. The first-order valence-corrected chi connectivity index (χ1v) is 15.6. The van der Waals surface area contributed by atoms with Gasteiger partial charge >= 0.3 is 0 Å². The summed E-state index contributed by atoms with van der Waals surface area (Å²) in [7, 11) is 0. The van der Waals surface area contributed by atoms with Crippen molar-refractivity contribution in [2.45, 2.75) is 67.2 Å². The lowest BCUT2D eigenvalue weighted by Crippen LogP contribution is -2.17. The topological polar surface area (TPSA) is 58.1 Å². The first-order chi connectivity index (χ1) is 19.9. The first kappa shape index (κ1) is 31.9. The SMILES string of the molecule is C/C=C\C.CCC.Cc1cc(N2CCCCCS2)ccc1C(=O)Nc1ccc(C)c(-c2ccc3cnccc3n2)c1. The van der Waals surface area contributed by atoms with Crippen LogP contribution in [0.2, 0.25) is 0 Å². The average molecular weight is 569 g/mol. The third-order valence-electron chi connectivity index (χ3n) is 6.59. The number of allylic oxidation sites excluding steroid dienone is 2. The number of aryl methyl sites for hydroxylation is 2. The summed E-state index contributed by atoms with van der Waals surface area (Å²) in [6.45, 7) is 13.4. The predicted octanol–water partition coefficient (Wildman–Crippen LogP) is 9.80. The minimum absolute atomic E-state index is 0.0973. The Morgan fingerprint density at radius 2 is 1.73 bits per heavy atom. The van der Waals surface area contributed by atoms with Gasteiger partial charge in [0, 0.05) is 52.6 Å². The van der Waals surface area contributed by atoms with Crippen LogP contribution in [0.3, 0.4) is 0 Å². The summed E-state index contributed by atoms with van der Waals surface area (Å²) in [5.74, 6) is 1.06. The van der Waals surface area contributed by atoms with Crippen molar-refractivity contribution in [1.29, 1.82) is 0 Å². The summed E-state index contributed by atoms with van der Waals surface area (Å²) < 4.78 is 2.36. The van der Waals surface area contributed by atoms with Crippen LogP contribution in [0.1, 0.15) is 74.9 Å². The molecule has 2 aromatic heterocycles. The van der Waals surface area contributed by atoms with Crippen LogP contribution in [-0.2, 0) is 0 Å². The molecule has 3 heterocycles. The smallest absolute Gasteiger partial charge is 0.255 e. The monoisotopic (exact) mass is 568 g/mol. The Hall–Kier alpha value is -3.64. The van der Waals surface area contributed by atoms with Crippen LogP contribution in [0.25, 0.3) is 22.2 Å². The molecule has 5 rings (SSSR count). The van der Waals surface area contributed by atoms with Gasteiger partial charge in [0.2, 0.25) is 0 Å². The number of nitrogens with zero attached hydrogens (tertiary/aromatic N) is 3. The Kier molecular flexibility index (Phi) is 12.9. The molecule has 2 aromatic carbocycles. The molecule has 1 N–H and O–H groups in total. The second-order valence-electron chi connectivity index (χ2n) is 10.1. The lowest BCUT2D eigenvalue weighted by atomic mass is 10.0. The summed E-state index contributed by atoms with van der Waals surface area (Å²) >= 11 is 1.89. The second-order valence-corrected chi connectivity index (χ2v) is 11.2. The summed E-state index contributed by atoms with van der Waals surface area (Å²) in [6, 6.07) is 18.0. The Morgan fingerprint density at radius 1 is 0.951 bits per heavy atom. The van der Waals surface area contributed by atoms with E-state index in [0.717, 1.165) is 51.3 Å². The molecule has 1 aliphatic heterocycles. The summed E-state index contributed by atoms with van der Waals surface area (Å²) in [5, 5.41) is 4.09. The minimum Gasteiger partial charge on any atom is -0.322 e. The van der Waals surface area contributed by atoms with Crippen LogP contribution < -0.4 is 9.62 Å². The van der Waals surface area contributed by atoms with Gasteiger partial charge in [-0.05, 0) is 112 Å². The molecule has 41 heavy (non-hydrogen) atoms. The van der Waals surface area contributed by atoms with Crippen LogP contribution in [-0.4, -0.2) is 28.2 Å². The van der Waals surface area contributed by atoms with Gasteiger partial charge in [-0.1, -0.05) is 44.9 Å². The Morgan fingerprint density at radius 3 is 2.46 bits per heavy atom. The largest absolute Gasteiger partial charge is 0.322 e. The number of aromatic nitrogens is 2. The molecule has 1 aliphatic rings. The van der Waals surface area contributed by atoms with E-state index < -0.39 is 0 Å². The molecule has 216 valence electrons. The summed E-state index contributed by atoms with van der Waals surface area (Å²) in [4.78, 5) is 22.1. The van der Waals surface area contributed by atoms with Gasteiger partial charge in [0.25, 0.3) is 5.91 Å². The van der Waals surface area contributed by atoms with Gasteiger partial charge in [-0.15, -0.1) is 0 Å². The molecular weight excluding hydrogens is 524 g/mol. The van der Waals surface area contributed by atoms with Crippen LogP contribution >= 0.6 is 11.9 Å². The molecule has 1 saturated heterocycles. The minimum atomic E-state index is -0.0973. The van der Waals surface area contributed by atoms with E-state index in [1.165, 1.54) is 31.4 Å².